The minimum atomic E-state index is -1.17. The van der Waals surface area contributed by atoms with Crippen molar-refractivity contribution in [2.24, 2.45) is 0 Å². The van der Waals surface area contributed by atoms with E-state index in [4.69, 9.17) is 0 Å². The van der Waals surface area contributed by atoms with Crippen LogP contribution in [0.4, 0.5) is 9.18 Å². The van der Waals surface area contributed by atoms with E-state index in [1.54, 1.807) is 45.0 Å². The normalized spacial score (nSPS) is 14.8. The van der Waals surface area contributed by atoms with Crippen LogP contribution in [-0.4, -0.2) is 44.9 Å². The van der Waals surface area contributed by atoms with Crippen LogP contribution in [0.2, 0.25) is 0 Å². The highest BCUT2D eigenvalue weighted by molar-refractivity contribution is 6.21. The number of benzene rings is 2. The van der Waals surface area contributed by atoms with E-state index in [1.807, 2.05) is 0 Å². The highest BCUT2D eigenvalue weighted by Crippen LogP contribution is 2.33. The van der Waals surface area contributed by atoms with Gasteiger partial charge in [-0.25, -0.2) is 9.18 Å². The summed E-state index contributed by atoms with van der Waals surface area (Å²) in [4.78, 5) is 40.0. The van der Waals surface area contributed by atoms with E-state index in [-0.39, 0.29) is 17.7 Å². The fourth-order valence-corrected chi connectivity index (χ4v) is 3.32. The van der Waals surface area contributed by atoms with Gasteiger partial charge in [-0.15, -0.1) is 0 Å². The second-order valence-electron chi connectivity index (χ2n) is 7.66. The van der Waals surface area contributed by atoms with Crippen molar-refractivity contribution in [3.8, 4) is 0 Å². The minimum Gasteiger partial charge on any atom is -0.465 e. The Kier molecular flexibility index (Phi) is 4.93. The van der Waals surface area contributed by atoms with Crippen molar-refractivity contribution in [2.75, 3.05) is 6.54 Å². The smallest absolute Gasteiger partial charge is 0.407 e. The van der Waals surface area contributed by atoms with Gasteiger partial charge in [-0.3, -0.25) is 14.5 Å². The van der Waals surface area contributed by atoms with E-state index >= 15 is 0 Å². The first kappa shape index (κ1) is 19.5. The molecule has 0 saturated carbocycles. The zero-order chi connectivity index (χ0) is 20.6. The highest BCUT2D eigenvalue weighted by atomic mass is 19.1. The summed E-state index contributed by atoms with van der Waals surface area (Å²) in [5.74, 6) is -1.45. The van der Waals surface area contributed by atoms with E-state index in [2.05, 4.69) is 0 Å². The van der Waals surface area contributed by atoms with Gasteiger partial charge in [0.1, 0.15) is 5.82 Å². The molecule has 1 atom stereocenters. The van der Waals surface area contributed by atoms with Crippen molar-refractivity contribution >= 4 is 17.9 Å². The van der Waals surface area contributed by atoms with E-state index in [0.29, 0.717) is 5.56 Å². The first-order chi connectivity index (χ1) is 13.1. The third-order valence-electron chi connectivity index (χ3n) is 4.79. The van der Waals surface area contributed by atoms with E-state index in [1.165, 1.54) is 29.2 Å². The molecule has 0 spiro atoms. The van der Waals surface area contributed by atoms with Gasteiger partial charge in [0, 0.05) is 12.1 Å². The number of amides is 3. The first-order valence-electron chi connectivity index (χ1n) is 8.84. The minimum absolute atomic E-state index is 0.129. The van der Waals surface area contributed by atoms with Gasteiger partial charge in [0.25, 0.3) is 11.8 Å². The summed E-state index contributed by atoms with van der Waals surface area (Å²) in [7, 11) is 0. The molecule has 0 saturated heterocycles. The molecule has 1 aliphatic rings. The largest absolute Gasteiger partial charge is 0.465 e. The molecule has 0 aliphatic carbocycles. The van der Waals surface area contributed by atoms with Gasteiger partial charge >= 0.3 is 6.09 Å². The third kappa shape index (κ3) is 3.47. The third-order valence-corrected chi connectivity index (χ3v) is 4.79. The molecule has 1 unspecified atom stereocenters. The molecule has 146 valence electrons. The SMILES string of the molecule is CC(C)(C)N(CC(c1ccc(F)cc1)N1C(=O)c2ccccc2C1=O)C(=O)O. The van der Waals surface area contributed by atoms with Crippen molar-refractivity contribution in [3.05, 3.63) is 71.0 Å². The standard InChI is InChI=1S/C21H21FN2O4/c1-21(2,3)23(20(27)28)12-17(13-8-10-14(22)11-9-13)24-18(25)15-6-4-5-7-16(15)19(24)26/h4-11,17H,12H2,1-3H3,(H,27,28). The Balaban J connectivity index is 2.07. The van der Waals surface area contributed by atoms with Gasteiger partial charge < -0.3 is 10.0 Å². The number of hydrogen-bond donors (Lipinski definition) is 1. The number of imide groups is 1. The van der Waals surface area contributed by atoms with Crippen molar-refractivity contribution in [2.45, 2.75) is 32.4 Å². The first-order valence-corrected chi connectivity index (χ1v) is 8.84. The summed E-state index contributed by atoms with van der Waals surface area (Å²) in [5, 5.41) is 9.67. The van der Waals surface area contributed by atoms with Crippen molar-refractivity contribution in [1.82, 2.24) is 9.80 Å². The molecule has 3 rings (SSSR count). The highest BCUT2D eigenvalue weighted by Gasteiger charge is 2.42. The Labute approximate surface area is 162 Å². The molecule has 2 aromatic carbocycles. The Hall–Kier alpha value is -3.22. The fraction of sp³-hybridized carbons (Fsp3) is 0.286. The van der Waals surface area contributed by atoms with Crippen molar-refractivity contribution in [1.29, 1.82) is 0 Å². The van der Waals surface area contributed by atoms with Crippen LogP contribution in [0.25, 0.3) is 0 Å². The lowest BCUT2D eigenvalue weighted by molar-refractivity contribution is 0.0457. The van der Waals surface area contributed by atoms with Crippen molar-refractivity contribution < 1.29 is 23.9 Å². The predicted octanol–water partition coefficient (Wildman–Crippen LogP) is 3.94. The molecule has 0 aromatic heterocycles. The van der Waals surface area contributed by atoms with E-state index in [9.17, 15) is 23.9 Å². The summed E-state index contributed by atoms with van der Waals surface area (Å²) in [5.41, 5.74) is 0.267. The maximum Gasteiger partial charge on any atom is 0.407 e. The Morgan fingerprint density at radius 3 is 1.96 bits per heavy atom. The van der Waals surface area contributed by atoms with Gasteiger partial charge in [-0.05, 0) is 50.6 Å². The van der Waals surface area contributed by atoms with Gasteiger partial charge in [-0.2, -0.15) is 0 Å². The number of carbonyl (C=O) groups excluding carboxylic acids is 2. The number of halogens is 1. The molecule has 2 aromatic rings. The van der Waals surface area contributed by atoms with Crippen LogP contribution in [0.1, 0.15) is 53.1 Å². The topological polar surface area (TPSA) is 77.9 Å². The number of fused-ring (bicyclic) bond motifs is 1. The molecule has 0 radical (unpaired) electrons. The lowest BCUT2D eigenvalue weighted by Gasteiger charge is -2.38. The average Bonchev–Trinajstić information content (AvgIpc) is 2.87. The van der Waals surface area contributed by atoms with E-state index < -0.39 is 35.3 Å². The molecule has 3 amide bonds. The summed E-state index contributed by atoms with van der Waals surface area (Å²) in [6, 6.07) is 11.0. The summed E-state index contributed by atoms with van der Waals surface area (Å²) >= 11 is 0. The maximum atomic E-state index is 13.4. The van der Waals surface area contributed by atoms with Gasteiger partial charge in [0.15, 0.2) is 0 Å². The molecule has 0 bridgehead atoms. The number of carboxylic acid groups (broad SMARTS) is 1. The van der Waals surface area contributed by atoms with Crippen LogP contribution in [0, 0.1) is 5.82 Å². The number of carbonyl (C=O) groups is 3. The zero-order valence-electron chi connectivity index (χ0n) is 15.8. The zero-order valence-corrected chi connectivity index (χ0v) is 15.8. The summed E-state index contributed by atoms with van der Waals surface area (Å²) in [6.45, 7) is 5.05. The lowest BCUT2D eigenvalue weighted by Crippen LogP contribution is -2.50. The molecule has 6 nitrogen and oxygen atoms in total. The Morgan fingerprint density at radius 1 is 1.04 bits per heavy atom. The van der Waals surface area contributed by atoms with Gasteiger partial charge in [-0.1, -0.05) is 24.3 Å². The molecule has 7 heteroatoms. The molecule has 1 N–H and O–H groups in total. The second-order valence-corrected chi connectivity index (χ2v) is 7.66. The summed E-state index contributed by atoms with van der Waals surface area (Å²) in [6.07, 6.45) is -1.17. The Bertz CT molecular complexity index is 899. The van der Waals surface area contributed by atoms with Crippen LogP contribution in [0.3, 0.4) is 0 Å². The van der Waals surface area contributed by atoms with Gasteiger partial charge in [0.05, 0.1) is 17.2 Å². The molecular weight excluding hydrogens is 363 g/mol. The van der Waals surface area contributed by atoms with Gasteiger partial charge in [0.2, 0.25) is 0 Å². The van der Waals surface area contributed by atoms with E-state index in [0.717, 1.165) is 4.90 Å². The lowest BCUT2D eigenvalue weighted by atomic mass is 10.0. The van der Waals surface area contributed by atoms with Crippen LogP contribution in [0.5, 0.6) is 0 Å². The average molecular weight is 384 g/mol. The summed E-state index contributed by atoms with van der Waals surface area (Å²) < 4.78 is 13.4. The molecule has 1 aliphatic heterocycles. The van der Waals surface area contributed by atoms with Crippen LogP contribution in [0.15, 0.2) is 48.5 Å². The number of rotatable bonds is 4. The quantitative estimate of drug-likeness (QED) is 0.810. The number of nitrogens with zero attached hydrogens (tertiary/aromatic N) is 2. The molecule has 0 fully saturated rings. The van der Waals surface area contributed by atoms with Crippen molar-refractivity contribution in [3.63, 3.8) is 0 Å². The second kappa shape index (κ2) is 7.07. The molecule has 1 heterocycles. The molecule has 28 heavy (non-hydrogen) atoms. The number of hydrogen-bond acceptors (Lipinski definition) is 3. The van der Waals surface area contributed by atoms with Crippen LogP contribution >= 0.6 is 0 Å². The van der Waals surface area contributed by atoms with Crippen LogP contribution < -0.4 is 0 Å². The predicted molar refractivity (Wildman–Crippen MR) is 101 cm³/mol. The monoisotopic (exact) mass is 384 g/mol. The van der Waals surface area contributed by atoms with Crippen LogP contribution in [-0.2, 0) is 0 Å². The fourth-order valence-electron chi connectivity index (χ4n) is 3.32. The maximum absolute atomic E-state index is 13.4. The molecular formula is C21H21FN2O4. The Morgan fingerprint density at radius 2 is 1.54 bits per heavy atom.